The Bertz CT molecular complexity index is 1260. The van der Waals surface area contributed by atoms with Crippen molar-refractivity contribution < 1.29 is 50.0 Å². The number of allylic oxidation sites excluding steroid dienone is 6. The predicted molar refractivity (Wildman–Crippen MR) is 298 cm³/mol. The minimum absolute atomic E-state index is 0.243. The number of hydrogen-bond acceptors (Lipinski definition) is 10. The van der Waals surface area contributed by atoms with Crippen molar-refractivity contribution in [2.24, 2.45) is 0 Å². The fraction of sp³-hybridized carbons (Fsp3) is 0.885. The summed E-state index contributed by atoms with van der Waals surface area (Å²) >= 11 is 0. The summed E-state index contributed by atoms with van der Waals surface area (Å²) in [6.07, 6.45) is 50.6. The number of amides is 1. The first kappa shape index (κ1) is 68.3. The number of nitrogens with one attached hydrogen (secondary N) is 1. The topological polar surface area (TPSA) is 189 Å². The van der Waals surface area contributed by atoms with Crippen molar-refractivity contribution in [1.29, 1.82) is 0 Å². The average Bonchev–Trinajstić information content (AvgIpc) is 3.38. The molecule has 0 saturated carbocycles. The van der Waals surface area contributed by atoms with Gasteiger partial charge in [0.1, 0.15) is 36.6 Å². The fourth-order valence-corrected chi connectivity index (χ4v) is 9.71. The maximum absolute atomic E-state index is 13.2. The van der Waals surface area contributed by atoms with E-state index in [0.717, 1.165) is 44.9 Å². The van der Waals surface area contributed by atoms with Gasteiger partial charge in [0.05, 0.1) is 25.4 Å². The number of carbonyl (C=O) groups is 1. The molecule has 0 aromatic heterocycles. The van der Waals surface area contributed by atoms with Crippen LogP contribution in [0, 0.1) is 0 Å². The van der Waals surface area contributed by atoms with Gasteiger partial charge in [-0.05, 0) is 64.2 Å². The van der Waals surface area contributed by atoms with Crippen LogP contribution in [0.2, 0.25) is 0 Å². The summed E-state index contributed by atoms with van der Waals surface area (Å²) < 4.78 is 11.1. The van der Waals surface area contributed by atoms with Crippen LogP contribution in [0.5, 0.6) is 0 Å². The van der Waals surface area contributed by atoms with Gasteiger partial charge in [-0.3, -0.25) is 4.79 Å². The van der Waals surface area contributed by atoms with Gasteiger partial charge in [-0.1, -0.05) is 249 Å². The highest BCUT2D eigenvalue weighted by Crippen LogP contribution is 2.23. The van der Waals surface area contributed by atoms with Crippen molar-refractivity contribution in [2.45, 2.75) is 332 Å². The molecule has 8 N–H and O–H groups in total. The molecule has 424 valence electrons. The molecule has 9 atom stereocenters. The van der Waals surface area contributed by atoms with Gasteiger partial charge in [0.25, 0.3) is 0 Å². The second kappa shape index (κ2) is 50.2. The van der Waals surface area contributed by atoms with Crippen LogP contribution in [0.1, 0.15) is 277 Å². The minimum atomic E-state index is -1.67. The fourth-order valence-electron chi connectivity index (χ4n) is 9.71. The van der Waals surface area contributed by atoms with Crippen molar-refractivity contribution >= 4 is 5.91 Å². The van der Waals surface area contributed by atoms with Crippen molar-refractivity contribution in [3.8, 4) is 0 Å². The summed E-state index contributed by atoms with van der Waals surface area (Å²) in [4.78, 5) is 13.2. The van der Waals surface area contributed by atoms with E-state index in [4.69, 9.17) is 9.47 Å². The molecule has 1 rings (SSSR count). The first-order valence-corrected chi connectivity index (χ1v) is 30.4. The maximum atomic E-state index is 13.2. The molecule has 0 bridgehead atoms. The Labute approximate surface area is 441 Å². The molecule has 1 aliphatic heterocycles. The summed E-state index contributed by atoms with van der Waals surface area (Å²) in [6, 6.07) is -1.19. The van der Waals surface area contributed by atoms with Crippen molar-refractivity contribution in [2.75, 3.05) is 13.2 Å². The van der Waals surface area contributed by atoms with Gasteiger partial charge >= 0.3 is 0 Å². The molecule has 0 aliphatic carbocycles. The van der Waals surface area contributed by atoms with Gasteiger partial charge in [-0.25, -0.2) is 0 Å². The first-order chi connectivity index (χ1) is 35.2. The first-order valence-electron chi connectivity index (χ1n) is 30.4. The number of aliphatic hydroxyl groups excluding tert-OH is 7. The molecule has 1 heterocycles. The van der Waals surface area contributed by atoms with Gasteiger partial charge in [-0.2, -0.15) is 0 Å². The number of aliphatic hydroxyl groups is 7. The lowest BCUT2D eigenvalue weighted by molar-refractivity contribution is -0.303. The Morgan fingerprint density at radius 2 is 0.833 bits per heavy atom. The average molecular weight is 1020 g/mol. The highest BCUT2D eigenvalue weighted by atomic mass is 16.7. The van der Waals surface area contributed by atoms with Crippen LogP contribution in [0.25, 0.3) is 0 Å². The van der Waals surface area contributed by atoms with E-state index in [-0.39, 0.29) is 12.8 Å². The van der Waals surface area contributed by atoms with E-state index in [1.54, 1.807) is 0 Å². The second-order valence-electron chi connectivity index (χ2n) is 21.4. The van der Waals surface area contributed by atoms with Crippen LogP contribution in [0.4, 0.5) is 0 Å². The van der Waals surface area contributed by atoms with Gasteiger partial charge < -0.3 is 50.5 Å². The minimum Gasteiger partial charge on any atom is -0.394 e. The summed E-state index contributed by atoms with van der Waals surface area (Å²) in [5.74, 6) is -0.708. The molecule has 1 amide bonds. The highest BCUT2D eigenvalue weighted by Gasteiger charge is 2.44. The number of rotatable bonds is 52. The molecule has 1 fully saturated rings. The SMILES string of the molecule is CCCCCCCCCCCC/C=C/CC/C=C/CC/C=C/CCCC(O)C(O)C(COC1OC(CO)C(O)C(O)C1O)NC(=O)C(O)CCCCCCCCCCCCCCCCCCCCCCCC. The molecule has 72 heavy (non-hydrogen) atoms. The molecule has 9 unspecified atom stereocenters. The summed E-state index contributed by atoms with van der Waals surface area (Å²) in [7, 11) is 0. The van der Waals surface area contributed by atoms with Gasteiger partial charge in [0.2, 0.25) is 5.91 Å². The van der Waals surface area contributed by atoms with Crippen molar-refractivity contribution in [3.63, 3.8) is 0 Å². The lowest BCUT2D eigenvalue weighted by atomic mass is 9.98. The largest absolute Gasteiger partial charge is 0.394 e. The maximum Gasteiger partial charge on any atom is 0.249 e. The van der Waals surface area contributed by atoms with E-state index >= 15 is 0 Å². The molecule has 11 nitrogen and oxygen atoms in total. The van der Waals surface area contributed by atoms with E-state index < -0.39 is 74.2 Å². The quantitative estimate of drug-likeness (QED) is 0.0215. The zero-order chi connectivity index (χ0) is 52.5. The van der Waals surface area contributed by atoms with Crippen LogP contribution >= 0.6 is 0 Å². The Morgan fingerprint density at radius 3 is 1.24 bits per heavy atom. The van der Waals surface area contributed by atoms with Gasteiger partial charge in [0, 0.05) is 0 Å². The number of unbranched alkanes of at least 4 members (excludes halogenated alkanes) is 34. The van der Waals surface area contributed by atoms with E-state index in [2.05, 4.69) is 55.6 Å². The molecular formula is C61H115NO10. The molecule has 1 aliphatic rings. The van der Waals surface area contributed by atoms with E-state index in [9.17, 15) is 40.5 Å². The smallest absolute Gasteiger partial charge is 0.249 e. The predicted octanol–water partition coefficient (Wildman–Crippen LogP) is 13.1. The number of carbonyl (C=O) groups excluding carboxylic acids is 1. The normalized spacial score (nSPS) is 20.3. The second-order valence-corrected chi connectivity index (χ2v) is 21.4. The third-order valence-corrected chi connectivity index (χ3v) is 14.7. The third kappa shape index (κ3) is 38.0. The van der Waals surface area contributed by atoms with Crippen LogP contribution in [0.3, 0.4) is 0 Å². The third-order valence-electron chi connectivity index (χ3n) is 14.7. The van der Waals surface area contributed by atoms with Crippen molar-refractivity contribution in [3.05, 3.63) is 36.5 Å². The number of ether oxygens (including phenoxy) is 2. The van der Waals surface area contributed by atoms with Crippen molar-refractivity contribution in [1.82, 2.24) is 5.32 Å². The number of hydrogen-bond donors (Lipinski definition) is 8. The zero-order valence-electron chi connectivity index (χ0n) is 46.4. The Hall–Kier alpha value is -1.67. The van der Waals surface area contributed by atoms with Crippen LogP contribution in [-0.4, -0.2) is 110 Å². The molecular weight excluding hydrogens is 907 g/mol. The summed E-state index contributed by atoms with van der Waals surface area (Å²) in [5.41, 5.74) is 0. The van der Waals surface area contributed by atoms with E-state index in [1.165, 1.54) is 186 Å². The molecule has 0 aromatic carbocycles. The Morgan fingerprint density at radius 1 is 0.472 bits per heavy atom. The standard InChI is InChI=1S/C61H115NO10/c1-3-5-7-9-11-13-15-17-19-21-23-25-27-29-30-32-34-36-38-40-42-44-46-48-53(64)56(66)52(51-71-61-59(69)58(68)57(67)55(50-63)72-61)62-60(70)54(65)49-47-45-43-41-39-37-35-33-31-28-26-24-22-20-18-16-14-12-10-8-6-4-2/h25,27,32,34,40,42,52-59,61,63-69H,3-24,26,28-31,33,35-39,41,43-51H2,1-2H3,(H,62,70)/b27-25+,34-32+,42-40+. The Balaban J connectivity index is 2.33. The monoisotopic (exact) mass is 1020 g/mol. The lowest BCUT2D eigenvalue weighted by Crippen LogP contribution is -2.60. The lowest BCUT2D eigenvalue weighted by Gasteiger charge is -2.40. The molecule has 0 spiro atoms. The van der Waals surface area contributed by atoms with E-state index in [0.29, 0.717) is 19.3 Å². The molecule has 11 heteroatoms. The molecule has 0 aromatic rings. The van der Waals surface area contributed by atoms with E-state index in [1.807, 2.05) is 0 Å². The Kier molecular flexibility index (Phi) is 47.6. The zero-order valence-corrected chi connectivity index (χ0v) is 46.4. The molecule has 1 saturated heterocycles. The van der Waals surface area contributed by atoms with Gasteiger partial charge in [-0.15, -0.1) is 0 Å². The summed E-state index contributed by atoms with van der Waals surface area (Å²) in [6.45, 7) is 3.47. The van der Waals surface area contributed by atoms with Crippen LogP contribution in [0.15, 0.2) is 36.5 Å². The van der Waals surface area contributed by atoms with Crippen LogP contribution < -0.4 is 5.32 Å². The van der Waals surface area contributed by atoms with Crippen LogP contribution in [-0.2, 0) is 14.3 Å². The van der Waals surface area contributed by atoms with Gasteiger partial charge in [0.15, 0.2) is 6.29 Å². The highest BCUT2D eigenvalue weighted by molar-refractivity contribution is 5.80. The molecule has 0 radical (unpaired) electrons. The summed E-state index contributed by atoms with van der Waals surface area (Å²) in [5, 5.41) is 76.2.